The summed E-state index contributed by atoms with van der Waals surface area (Å²) in [6.45, 7) is 2.64. The molecule has 20 heavy (non-hydrogen) atoms. The maximum atomic E-state index is 6.19. The first-order chi connectivity index (χ1) is 9.74. The molecule has 0 aliphatic heterocycles. The molecule has 0 fully saturated rings. The van der Waals surface area contributed by atoms with Gasteiger partial charge in [-0.2, -0.15) is 0 Å². The third-order valence-corrected chi connectivity index (χ3v) is 3.61. The molecule has 4 heteroatoms. The van der Waals surface area contributed by atoms with Crippen LogP contribution in [0.25, 0.3) is 11.1 Å². The summed E-state index contributed by atoms with van der Waals surface area (Å²) < 4.78 is 5.68. The lowest BCUT2D eigenvalue weighted by atomic mass is 10.1. The van der Waals surface area contributed by atoms with E-state index in [1.54, 1.807) is 0 Å². The van der Waals surface area contributed by atoms with Gasteiger partial charge in [0.1, 0.15) is 5.52 Å². The van der Waals surface area contributed by atoms with Crippen molar-refractivity contribution in [1.82, 2.24) is 10.3 Å². The van der Waals surface area contributed by atoms with Gasteiger partial charge in [0.15, 0.2) is 5.58 Å². The van der Waals surface area contributed by atoms with Crippen molar-refractivity contribution in [2.75, 3.05) is 0 Å². The van der Waals surface area contributed by atoms with E-state index < -0.39 is 0 Å². The Morgan fingerprint density at radius 1 is 1.15 bits per heavy atom. The number of benzene rings is 2. The van der Waals surface area contributed by atoms with Crippen molar-refractivity contribution < 1.29 is 4.42 Å². The van der Waals surface area contributed by atoms with E-state index in [9.17, 15) is 0 Å². The van der Waals surface area contributed by atoms with E-state index in [0.29, 0.717) is 12.4 Å². The standard InChI is InChI=1S/C16H15ClN2O/c1-11(12-6-2-3-7-13(12)17)18-10-16-19-14-8-4-5-9-15(14)20-16/h2-9,11,18H,10H2,1H3. The zero-order valence-electron chi connectivity index (χ0n) is 11.1. The van der Waals surface area contributed by atoms with E-state index in [1.807, 2.05) is 48.5 Å². The van der Waals surface area contributed by atoms with Crippen molar-refractivity contribution in [2.45, 2.75) is 19.5 Å². The Labute approximate surface area is 122 Å². The minimum absolute atomic E-state index is 0.138. The molecule has 0 spiro atoms. The maximum Gasteiger partial charge on any atom is 0.209 e. The van der Waals surface area contributed by atoms with Crippen molar-refractivity contribution >= 4 is 22.7 Å². The van der Waals surface area contributed by atoms with Crippen LogP contribution in [0.3, 0.4) is 0 Å². The number of aromatic nitrogens is 1. The lowest BCUT2D eigenvalue weighted by molar-refractivity contribution is 0.467. The molecule has 102 valence electrons. The average Bonchev–Trinajstić information content (AvgIpc) is 2.88. The number of oxazole rings is 1. The van der Waals surface area contributed by atoms with Crippen LogP contribution in [0, 0.1) is 0 Å². The lowest BCUT2D eigenvalue weighted by Gasteiger charge is -2.14. The molecule has 3 aromatic rings. The van der Waals surface area contributed by atoms with Crippen LogP contribution in [-0.2, 0) is 6.54 Å². The second kappa shape index (κ2) is 5.65. The van der Waals surface area contributed by atoms with Gasteiger partial charge in [0.2, 0.25) is 5.89 Å². The molecule has 0 bridgehead atoms. The predicted octanol–water partition coefficient (Wildman–Crippen LogP) is 4.33. The van der Waals surface area contributed by atoms with Crippen molar-refractivity contribution in [3.05, 3.63) is 65.0 Å². The summed E-state index contributed by atoms with van der Waals surface area (Å²) in [6, 6.07) is 15.7. The van der Waals surface area contributed by atoms with Crippen molar-refractivity contribution in [2.24, 2.45) is 0 Å². The van der Waals surface area contributed by atoms with Crippen LogP contribution in [-0.4, -0.2) is 4.98 Å². The molecule has 0 radical (unpaired) electrons. The SMILES string of the molecule is CC(NCc1nc2ccccc2o1)c1ccccc1Cl. The molecule has 1 atom stereocenters. The molecule has 1 aromatic heterocycles. The summed E-state index contributed by atoms with van der Waals surface area (Å²) in [6.07, 6.45) is 0. The van der Waals surface area contributed by atoms with Gasteiger partial charge in [-0.05, 0) is 30.7 Å². The van der Waals surface area contributed by atoms with E-state index in [4.69, 9.17) is 16.0 Å². The van der Waals surface area contributed by atoms with Crippen LogP contribution in [0.1, 0.15) is 24.4 Å². The summed E-state index contributed by atoms with van der Waals surface area (Å²) >= 11 is 6.19. The van der Waals surface area contributed by atoms with Crippen LogP contribution in [0.15, 0.2) is 52.9 Å². The van der Waals surface area contributed by atoms with E-state index in [-0.39, 0.29) is 6.04 Å². The number of nitrogens with zero attached hydrogens (tertiary/aromatic N) is 1. The maximum absolute atomic E-state index is 6.19. The molecule has 1 unspecified atom stereocenters. The van der Waals surface area contributed by atoms with Crippen LogP contribution in [0.4, 0.5) is 0 Å². The van der Waals surface area contributed by atoms with Gasteiger partial charge in [0.05, 0.1) is 6.54 Å². The van der Waals surface area contributed by atoms with Crippen molar-refractivity contribution in [3.63, 3.8) is 0 Å². The molecule has 0 aliphatic carbocycles. The Balaban J connectivity index is 1.71. The lowest BCUT2D eigenvalue weighted by Crippen LogP contribution is -2.18. The van der Waals surface area contributed by atoms with Gasteiger partial charge in [-0.15, -0.1) is 0 Å². The highest BCUT2D eigenvalue weighted by atomic mass is 35.5. The fourth-order valence-corrected chi connectivity index (χ4v) is 2.47. The fraction of sp³-hybridized carbons (Fsp3) is 0.188. The molecule has 0 aliphatic rings. The summed E-state index contributed by atoms with van der Waals surface area (Å²) in [4.78, 5) is 4.44. The molecule has 0 amide bonds. The zero-order valence-corrected chi connectivity index (χ0v) is 11.9. The normalized spacial score (nSPS) is 12.7. The number of hydrogen-bond acceptors (Lipinski definition) is 3. The summed E-state index contributed by atoms with van der Waals surface area (Å²) in [5.41, 5.74) is 2.77. The second-order valence-electron chi connectivity index (χ2n) is 4.70. The quantitative estimate of drug-likeness (QED) is 0.775. The number of para-hydroxylation sites is 2. The first-order valence-electron chi connectivity index (χ1n) is 6.56. The molecule has 0 saturated heterocycles. The highest BCUT2D eigenvalue weighted by molar-refractivity contribution is 6.31. The predicted molar refractivity (Wildman–Crippen MR) is 80.7 cm³/mol. The van der Waals surface area contributed by atoms with Crippen LogP contribution in [0.5, 0.6) is 0 Å². The average molecular weight is 287 g/mol. The third-order valence-electron chi connectivity index (χ3n) is 3.27. The van der Waals surface area contributed by atoms with Gasteiger partial charge in [0, 0.05) is 11.1 Å². The first-order valence-corrected chi connectivity index (χ1v) is 6.94. The molecule has 3 rings (SSSR count). The topological polar surface area (TPSA) is 38.1 Å². The van der Waals surface area contributed by atoms with Crippen LogP contribution in [0.2, 0.25) is 5.02 Å². The minimum atomic E-state index is 0.138. The molecule has 0 saturated carbocycles. The van der Waals surface area contributed by atoms with Gasteiger partial charge in [-0.25, -0.2) is 4.98 Å². The first kappa shape index (κ1) is 13.2. The Morgan fingerprint density at radius 3 is 2.70 bits per heavy atom. The van der Waals surface area contributed by atoms with Gasteiger partial charge in [0.25, 0.3) is 0 Å². The Bertz CT molecular complexity index is 690. The Morgan fingerprint density at radius 2 is 1.90 bits per heavy atom. The summed E-state index contributed by atoms with van der Waals surface area (Å²) in [7, 11) is 0. The van der Waals surface area contributed by atoms with E-state index in [1.165, 1.54) is 0 Å². The van der Waals surface area contributed by atoms with E-state index in [2.05, 4.69) is 17.2 Å². The Hall–Kier alpha value is -1.84. The van der Waals surface area contributed by atoms with Gasteiger partial charge in [-0.1, -0.05) is 41.9 Å². The smallest absolute Gasteiger partial charge is 0.209 e. The third kappa shape index (κ3) is 2.69. The number of hydrogen-bond donors (Lipinski definition) is 1. The fourth-order valence-electron chi connectivity index (χ4n) is 2.17. The number of nitrogens with one attached hydrogen (secondary N) is 1. The van der Waals surface area contributed by atoms with E-state index in [0.717, 1.165) is 21.7 Å². The summed E-state index contributed by atoms with van der Waals surface area (Å²) in [5.74, 6) is 0.685. The van der Waals surface area contributed by atoms with Crippen LogP contribution >= 0.6 is 11.6 Å². The number of fused-ring (bicyclic) bond motifs is 1. The van der Waals surface area contributed by atoms with Crippen molar-refractivity contribution in [1.29, 1.82) is 0 Å². The highest BCUT2D eigenvalue weighted by Gasteiger charge is 2.10. The number of halogens is 1. The minimum Gasteiger partial charge on any atom is -0.439 e. The number of rotatable bonds is 4. The van der Waals surface area contributed by atoms with Gasteiger partial charge >= 0.3 is 0 Å². The summed E-state index contributed by atoms with van der Waals surface area (Å²) in [5, 5.41) is 4.14. The molecule has 2 aromatic carbocycles. The highest BCUT2D eigenvalue weighted by Crippen LogP contribution is 2.22. The largest absolute Gasteiger partial charge is 0.439 e. The van der Waals surface area contributed by atoms with Crippen molar-refractivity contribution in [3.8, 4) is 0 Å². The van der Waals surface area contributed by atoms with Gasteiger partial charge < -0.3 is 9.73 Å². The van der Waals surface area contributed by atoms with E-state index >= 15 is 0 Å². The molecular formula is C16H15ClN2O. The molecule has 1 N–H and O–H groups in total. The molecule has 1 heterocycles. The zero-order chi connectivity index (χ0) is 13.9. The Kier molecular flexibility index (Phi) is 3.72. The molecular weight excluding hydrogens is 272 g/mol. The second-order valence-corrected chi connectivity index (χ2v) is 5.11. The molecule has 3 nitrogen and oxygen atoms in total. The monoisotopic (exact) mass is 286 g/mol. The van der Waals surface area contributed by atoms with Gasteiger partial charge in [-0.3, -0.25) is 0 Å². The van der Waals surface area contributed by atoms with Crippen LogP contribution < -0.4 is 5.32 Å².